The lowest BCUT2D eigenvalue weighted by Gasteiger charge is -2.15. The Morgan fingerprint density at radius 1 is 1.43 bits per heavy atom. The minimum absolute atomic E-state index is 0.0550. The zero-order valence-electron chi connectivity index (χ0n) is 11.9. The van der Waals surface area contributed by atoms with E-state index in [1.165, 1.54) is 0 Å². The molecule has 0 bridgehead atoms. The molecule has 0 aliphatic carbocycles. The summed E-state index contributed by atoms with van der Waals surface area (Å²) in [6, 6.07) is 6.31. The molecular formula is C14H18N4O2S. The smallest absolute Gasteiger partial charge is 0.241 e. The second-order valence-electron chi connectivity index (χ2n) is 5.03. The molecule has 0 fully saturated rings. The molecule has 1 aromatic carbocycles. The van der Waals surface area contributed by atoms with E-state index in [1.807, 2.05) is 6.92 Å². The number of pyridine rings is 1. The van der Waals surface area contributed by atoms with Crippen molar-refractivity contribution < 1.29 is 8.42 Å². The first-order valence-corrected chi connectivity index (χ1v) is 7.99. The van der Waals surface area contributed by atoms with Gasteiger partial charge >= 0.3 is 0 Å². The van der Waals surface area contributed by atoms with Crippen molar-refractivity contribution in [3.63, 3.8) is 0 Å². The average Bonchev–Trinajstić information content (AvgIpc) is 2.37. The largest absolute Gasteiger partial charge is 0.388 e. The summed E-state index contributed by atoms with van der Waals surface area (Å²) in [5.41, 5.74) is 6.88. The van der Waals surface area contributed by atoms with Crippen molar-refractivity contribution >= 4 is 26.8 Å². The quantitative estimate of drug-likeness (QED) is 0.575. The summed E-state index contributed by atoms with van der Waals surface area (Å²) < 4.78 is 27.5. The lowest BCUT2D eigenvalue weighted by molar-refractivity contribution is 0.565. The number of amidine groups is 1. The van der Waals surface area contributed by atoms with Gasteiger partial charge in [-0.15, -0.1) is 0 Å². The van der Waals surface area contributed by atoms with E-state index in [4.69, 9.17) is 11.1 Å². The van der Waals surface area contributed by atoms with Crippen LogP contribution in [0, 0.1) is 12.3 Å². The Labute approximate surface area is 123 Å². The number of nitrogens with two attached hydrogens (primary N) is 1. The van der Waals surface area contributed by atoms with Crippen LogP contribution in [-0.2, 0) is 10.0 Å². The van der Waals surface area contributed by atoms with Gasteiger partial charge in [0.2, 0.25) is 10.0 Å². The van der Waals surface area contributed by atoms with E-state index >= 15 is 0 Å². The third kappa shape index (κ3) is 3.37. The second-order valence-corrected chi connectivity index (χ2v) is 6.71. The Balaban J connectivity index is 2.46. The zero-order chi connectivity index (χ0) is 15.6. The molecule has 6 nitrogen and oxygen atoms in total. The first-order valence-electron chi connectivity index (χ1n) is 6.51. The van der Waals surface area contributed by atoms with E-state index in [0.717, 1.165) is 5.56 Å². The fourth-order valence-electron chi connectivity index (χ4n) is 2.22. The van der Waals surface area contributed by atoms with Crippen LogP contribution in [-0.4, -0.2) is 25.3 Å². The zero-order valence-corrected chi connectivity index (χ0v) is 12.7. The molecule has 0 aliphatic heterocycles. The molecule has 2 aromatic rings. The Bertz CT molecular complexity index is 787. The summed E-state index contributed by atoms with van der Waals surface area (Å²) in [6.07, 6.45) is 1.80. The van der Waals surface area contributed by atoms with Crippen molar-refractivity contribution in [1.82, 2.24) is 9.71 Å². The SMILES string of the molecule is Cc1ccc(S(=O)(=O)NC(C)CC(=N)N)c2cccnc12. The summed E-state index contributed by atoms with van der Waals surface area (Å²) in [7, 11) is -3.69. The van der Waals surface area contributed by atoms with E-state index in [-0.39, 0.29) is 17.2 Å². The standard InChI is InChI=1S/C14H18N4O2S/c1-9-5-6-12(11-4-3-7-17-14(9)11)21(19,20)18-10(2)8-13(15)16/h3-7,10,18H,8H2,1-2H3,(H3,15,16). The number of fused-ring (bicyclic) bond motifs is 1. The third-order valence-corrected chi connectivity index (χ3v) is 4.75. The monoisotopic (exact) mass is 306 g/mol. The van der Waals surface area contributed by atoms with E-state index in [0.29, 0.717) is 10.9 Å². The lowest BCUT2D eigenvalue weighted by Crippen LogP contribution is -2.35. The summed E-state index contributed by atoms with van der Waals surface area (Å²) in [5.74, 6) is -0.0550. The molecule has 0 aliphatic rings. The molecule has 0 radical (unpaired) electrons. The number of hydrogen-bond donors (Lipinski definition) is 3. The lowest BCUT2D eigenvalue weighted by atomic mass is 10.1. The molecular weight excluding hydrogens is 288 g/mol. The molecule has 1 heterocycles. The molecule has 21 heavy (non-hydrogen) atoms. The molecule has 7 heteroatoms. The molecule has 1 aromatic heterocycles. The van der Waals surface area contributed by atoms with Crippen LogP contribution in [0.25, 0.3) is 10.9 Å². The van der Waals surface area contributed by atoms with Crippen molar-refractivity contribution in [3.8, 4) is 0 Å². The van der Waals surface area contributed by atoms with Gasteiger partial charge in [0, 0.05) is 24.0 Å². The van der Waals surface area contributed by atoms with Gasteiger partial charge in [0.25, 0.3) is 0 Å². The van der Waals surface area contributed by atoms with Gasteiger partial charge < -0.3 is 5.73 Å². The highest BCUT2D eigenvalue weighted by Crippen LogP contribution is 2.24. The van der Waals surface area contributed by atoms with Crippen LogP contribution >= 0.6 is 0 Å². The Kier molecular flexibility index (Phi) is 4.24. The van der Waals surface area contributed by atoms with E-state index in [1.54, 1.807) is 37.4 Å². The Morgan fingerprint density at radius 2 is 2.14 bits per heavy atom. The van der Waals surface area contributed by atoms with Crippen LogP contribution in [0.3, 0.4) is 0 Å². The predicted octanol–water partition coefficient (Wildman–Crippen LogP) is 1.54. The van der Waals surface area contributed by atoms with Crippen LogP contribution in [0.15, 0.2) is 35.4 Å². The fraction of sp³-hybridized carbons (Fsp3) is 0.286. The number of nitrogens with one attached hydrogen (secondary N) is 2. The number of benzene rings is 1. The fourth-order valence-corrected chi connectivity index (χ4v) is 3.66. The van der Waals surface area contributed by atoms with Gasteiger partial charge in [0.1, 0.15) is 0 Å². The van der Waals surface area contributed by atoms with Crippen molar-refractivity contribution in [2.75, 3.05) is 0 Å². The highest BCUT2D eigenvalue weighted by molar-refractivity contribution is 7.89. The molecule has 1 atom stereocenters. The molecule has 0 spiro atoms. The molecule has 0 saturated carbocycles. The van der Waals surface area contributed by atoms with Crippen LogP contribution < -0.4 is 10.5 Å². The summed E-state index contributed by atoms with van der Waals surface area (Å²) >= 11 is 0. The van der Waals surface area contributed by atoms with Crippen LogP contribution in [0.2, 0.25) is 0 Å². The van der Waals surface area contributed by atoms with Gasteiger partial charge in [-0.1, -0.05) is 6.07 Å². The molecule has 0 amide bonds. The Hall–Kier alpha value is -1.99. The van der Waals surface area contributed by atoms with Crippen LogP contribution in [0.4, 0.5) is 0 Å². The first kappa shape index (κ1) is 15.4. The maximum absolute atomic E-state index is 12.5. The van der Waals surface area contributed by atoms with E-state index in [9.17, 15) is 8.42 Å². The molecule has 1 unspecified atom stereocenters. The number of nitrogens with zero attached hydrogens (tertiary/aromatic N) is 1. The van der Waals surface area contributed by atoms with Crippen LogP contribution in [0.5, 0.6) is 0 Å². The summed E-state index contributed by atoms with van der Waals surface area (Å²) in [4.78, 5) is 4.42. The van der Waals surface area contributed by atoms with Crippen LogP contribution in [0.1, 0.15) is 18.9 Å². The van der Waals surface area contributed by atoms with E-state index < -0.39 is 16.1 Å². The molecule has 112 valence electrons. The van der Waals surface area contributed by atoms with Gasteiger partial charge in [-0.2, -0.15) is 0 Å². The highest BCUT2D eigenvalue weighted by atomic mass is 32.2. The number of hydrogen-bond acceptors (Lipinski definition) is 4. The maximum atomic E-state index is 12.5. The van der Waals surface area contributed by atoms with Gasteiger partial charge in [0.15, 0.2) is 0 Å². The highest BCUT2D eigenvalue weighted by Gasteiger charge is 2.21. The number of rotatable bonds is 5. The van der Waals surface area contributed by atoms with Gasteiger partial charge in [-0.05, 0) is 37.6 Å². The number of aryl methyl sites for hydroxylation is 1. The van der Waals surface area contributed by atoms with Gasteiger partial charge in [-0.25, -0.2) is 13.1 Å². The maximum Gasteiger partial charge on any atom is 0.241 e. The van der Waals surface area contributed by atoms with Crippen molar-refractivity contribution in [2.24, 2.45) is 5.73 Å². The van der Waals surface area contributed by atoms with Gasteiger partial charge in [-0.3, -0.25) is 10.4 Å². The average molecular weight is 306 g/mol. The normalized spacial score (nSPS) is 13.2. The summed E-state index contributed by atoms with van der Waals surface area (Å²) in [6.45, 7) is 3.56. The predicted molar refractivity (Wildman–Crippen MR) is 82.8 cm³/mol. The van der Waals surface area contributed by atoms with Crippen molar-refractivity contribution in [2.45, 2.75) is 31.2 Å². The molecule has 4 N–H and O–H groups in total. The molecule has 2 rings (SSSR count). The Morgan fingerprint density at radius 3 is 2.81 bits per heavy atom. The molecule has 0 saturated heterocycles. The topological polar surface area (TPSA) is 109 Å². The van der Waals surface area contributed by atoms with Crippen molar-refractivity contribution in [1.29, 1.82) is 5.41 Å². The van der Waals surface area contributed by atoms with Crippen molar-refractivity contribution in [3.05, 3.63) is 36.0 Å². The second kappa shape index (κ2) is 5.79. The number of aromatic nitrogens is 1. The first-order chi connectivity index (χ1) is 9.81. The minimum atomic E-state index is -3.69. The number of sulfonamides is 1. The summed E-state index contributed by atoms with van der Waals surface area (Å²) in [5, 5.41) is 7.81. The minimum Gasteiger partial charge on any atom is -0.388 e. The van der Waals surface area contributed by atoms with E-state index in [2.05, 4.69) is 9.71 Å². The third-order valence-electron chi connectivity index (χ3n) is 3.10. The van der Waals surface area contributed by atoms with Gasteiger partial charge in [0.05, 0.1) is 16.2 Å².